The second-order valence-electron chi connectivity index (χ2n) is 7.36. The van der Waals surface area contributed by atoms with Gasteiger partial charge in [-0.1, -0.05) is 42.3 Å². The minimum atomic E-state index is -0.350. The van der Waals surface area contributed by atoms with Gasteiger partial charge in [0, 0.05) is 5.69 Å². The van der Waals surface area contributed by atoms with E-state index in [0.29, 0.717) is 5.69 Å². The zero-order valence-corrected chi connectivity index (χ0v) is 16.9. The van der Waals surface area contributed by atoms with Crippen molar-refractivity contribution < 1.29 is 9.13 Å². The number of ether oxygens (including phenoxy) is 1. The number of halogens is 1. The van der Waals surface area contributed by atoms with Crippen LogP contribution in [0.3, 0.4) is 0 Å². The SMILES string of the molecule is C#CC(C)(CCCc1ccc(F)c(Nc2ccccc2)c1)c1ccc(OC)cc1. The van der Waals surface area contributed by atoms with Crippen LogP contribution in [0.2, 0.25) is 0 Å². The molecule has 3 rings (SSSR count). The number of anilines is 2. The van der Waals surface area contributed by atoms with Crippen LogP contribution in [0.5, 0.6) is 5.75 Å². The smallest absolute Gasteiger partial charge is 0.146 e. The molecule has 0 amide bonds. The molecule has 0 fully saturated rings. The minimum Gasteiger partial charge on any atom is -0.497 e. The Kier molecular flexibility index (Phi) is 6.57. The summed E-state index contributed by atoms with van der Waals surface area (Å²) in [5.41, 5.74) is 3.19. The maximum atomic E-state index is 14.2. The zero-order valence-electron chi connectivity index (χ0n) is 16.9. The number of hydrogen-bond acceptors (Lipinski definition) is 2. The lowest BCUT2D eigenvalue weighted by Gasteiger charge is -2.24. The molecule has 3 heteroatoms. The Hall–Kier alpha value is -3.25. The van der Waals surface area contributed by atoms with Crippen molar-refractivity contribution in [3.05, 3.63) is 89.7 Å². The molecule has 0 bridgehead atoms. The van der Waals surface area contributed by atoms with Crippen LogP contribution in [0.1, 0.15) is 30.9 Å². The molecule has 3 aromatic rings. The monoisotopic (exact) mass is 387 g/mol. The molecule has 3 aromatic carbocycles. The van der Waals surface area contributed by atoms with E-state index in [2.05, 4.69) is 18.2 Å². The molecule has 29 heavy (non-hydrogen) atoms. The van der Waals surface area contributed by atoms with Gasteiger partial charge in [0.05, 0.1) is 18.2 Å². The van der Waals surface area contributed by atoms with Gasteiger partial charge < -0.3 is 10.1 Å². The largest absolute Gasteiger partial charge is 0.497 e. The molecule has 0 saturated heterocycles. The first-order valence-electron chi connectivity index (χ1n) is 9.77. The molecular weight excluding hydrogens is 361 g/mol. The first-order valence-corrected chi connectivity index (χ1v) is 9.77. The van der Waals surface area contributed by atoms with Crippen LogP contribution >= 0.6 is 0 Å². The van der Waals surface area contributed by atoms with Crippen molar-refractivity contribution in [1.29, 1.82) is 0 Å². The number of hydrogen-bond donors (Lipinski definition) is 1. The molecule has 1 unspecified atom stereocenters. The van der Waals surface area contributed by atoms with E-state index in [4.69, 9.17) is 11.2 Å². The van der Waals surface area contributed by atoms with E-state index >= 15 is 0 Å². The third-order valence-corrected chi connectivity index (χ3v) is 5.27. The van der Waals surface area contributed by atoms with Gasteiger partial charge in [-0.3, -0.25) is 0 Å². The lowest BCUT2D eigenvalue weighted by atomic mass is 9.78. The predicted octanol–water partition coefficient (Wildman–Crippen LogP) is 6.49. The zero-order chi connectivity index (χ0) is 20.7. The second-order valence-corrected chi connectivity index (χ2v) is 7.36. The Bertz CT molecular complexity index is 976. The number of aryl methyl sites for hydroxylation is 1. The fourth-order valence-electron chi connectivity index (χ4n) is 3.41. The van der Waals surface area contributed by atoms with E-state index < -0.39 is 0 Å². The predicted molar refractivity (Wildman–Crippen MR) is 118 cm³/mol. The van der Waals surface area contributed by atoms with Gasteiger partial charge in [0.2, 0.25) is 0 Å². The van der Waals surface area contributed by atoms with E-state index in [-0.39, 0.29) is 11.2 Å². The molecule has 0 aliphatic carbocycles. The van der Waals surface area contributed by atoms with E-state index in [1.54, 1.807) is 7.11 Å². The number of rotatable bonds is 8. The third-order valence-electron chi connectivity index (χ3n) is 5.27. The van der Waals surface area contributed by atoms with Crippen molar-refractivity contribution in [2.24, 2.45) is 0 Å². The highest BCUT2D eigenvalue weighted by Gasteiger charge is 2.23. The van der Waals surface area contributed by atoms with Crippen molar-refractivity contribution in [1.82, 2.24) is 0 Å². The molecule has 0 saturated carbocycles. The topological polar surface area (TPSA) is 21.3 Å². The first-order chi connectivity index (χ1) is 14.0. The minimum absolute atomic E-state index is 0.260. The Morgan fingerprint density at radius 2 is 1.76 bits per heavy atom. The maximum Gasteiger partial charge on any atom is 0.146 e. The van der Waals surface area contributed by atoms with Gasteiger partial charge >= 0.3 is 0 Å². The molecule has 0 heterocycles. The summed E-state index contributed by atoms with van der Waals surface area (Å²) in [5, 5.41) is 3.15. The van der Waals surface area contributed by atoms with E-state index in [9.17, 15) is 4.39 Å². The van der Waals surface area contributed by atoms with Crippen molar-refractivity contribution in [3.63, 3.8) is 0 Å². The summed E-state index contributed by atoms with van der Waals surface area (Å²) < 4.78 is 19.4. The standard InChI is InChI=1S/C26H26FNO/c1-4-26(2,21-13-15-23(29-3)16-14-21)18-8-9-20-12-17-24(27)25(19-20)28-22-10-6-5-7-11-22/h1,5-7,10-17,19,28H,8-9,18H2,2-3H3. The van der Waals surface area contributed by atoms with Gasteiger partial charge in [0.1, 0.15) is 11.6 Å². The van der Waals surface area contributed by atoms with Crippen LogP contribution in [0, 0.1) is 18.2 Å². The van der Waals surface area contributed by atoms with E-state index in [0.717, 1.165) is 41.8 Å². The van der Waals surface area contributed by atoms with Crippen LogP contribution < -0.4 is 10.1 Å². The van der Waals surface area contributed by atoms with Crippen molar-refractivity contribution in [2.45, 2.75) is 31.6 Å². The molecule has 0 aliphatic heterocycles. The van der Waals surface area contributed by atoms with Gasteiger partial charge in [-0.2, -0.15) is 0 Å². The fourth-order valence-corrected chi connectivity index (χ4v) is 3.41. The molecule has 0 aliphatic rings. The number of para-hydroxylation sites is 1. The number of benzene rings is 3. The van der Waals surface area contributed by atoms with Crippen LogP contribution in [0.4, 0.5) is 15.8 Å². The second kappa shape index (κ2) is 9.30. The Morgan fingerprint density at radius 1 is 1.03 bits per heavy atom. The van der Waals surface area contributed by atoms with Crippen molar-refractivity contribution in [3.8, 4) is 18.1 Å². The maximum absolute atomic E-state index is 14.2. The fraction of sp³-hybridized carbons (Fsp3) is 0.231. The van der Waals surface area contributed by atoms with Gasteiger partial charge in [0.15, 0.2) is 0 Å². The highest BCUT2D eigenvalue weighted by atomic mass is 19.1. The molecule has 0 spiro atoms. The van der Waals surface area contributed by atoms with Crippen LogP contribution in [0.15, 0.2) is 72.8 Å². The summed E-state index contributed by atoms with van der Waals surface area (Å²) in [5.74, 6) is 3.52. The molecular formula is C26H26FNO. The highest BCUT2D eigenvalue weighted by Crippen LogP contribution is 2.31. The van der Waals surface area contributed by atoms with Gasteiger partial charge in [-0.05, 0) is 73.7 Å². The summed E-state index contributed by atoms with van der Waals surface area (Å²) in [6, 6.07) is 22.8. The van der Waals surface area contributed by atoms with Crippen LogP contribution in [0.25, 0.3) is 0 Å². The average Bonchev–Trinajstić information content (AvgIpc) is 2.76. The number of terminal acetylenes is 1. The molecule has 2 nitrogen and oxygen atoms in total. The Balaban J connectivity index is 1.66. The molecule has 1 N–H and O–H groups in total. The van der Waals surface area contributed by atoms with Crippen molar-refractivity contribution in [2.75, 3.05) is 12.4 Å². The summed E-state index contributed by atoms with van der Waals surface area (Å²) in [6.45, 7) is 2.09. The van der Waals surface area contributed by atoms with E-state index in [1.165, 1.54) is 6.07 Å². The van der Waals surface area contributed by atoms with Crippen LogP contribution in [-0.4, -0.2) is 7.11 Å². The van der Waals surface area contributed by atoms with Gasteiger partial charge in [-0.25, -0.2) is 4.39 Å². The number of methoxy groups -OCH3 is 1. The summed E-state index contributed by atoms with van der Waals surface area (Å²) in [4.78, 5) is 0. The normalized spacial score (nSPS) is 12.6. The van der Waals surface area contributed by atoms with Gasteiger partial charge in [0.25, 0.3) is 0 Å². The molecule has 1 atom stereocenters. The third kappa shape index (κ3) is 5.18. The molecule has 148 valence electrons. The molecule has 0 aromatic heterocycles. The first kappa shape index (κ1) is 20.5. The van der Waals surface area contributed by atoms with E-state index in [1.807, 2.05) is 66.7 Å². The summed E-state index contributed by atoms with van der Waals surface area (Å²) in [6.07, 6.45) is 8.46. The Morgan fingerprint density at radius 3 is 2.41 bits per heavy atom. The highest BCUT2D eigenvalue weighted by molar-refractivity contribution is 5.60. The van der Waals surface area contributed by atoms with Crippen molar-refractivity contribution >= 4 is 11.4 Å². The van der Waals surface area contributed by atoms with Crippen LogP contribution in [-0.2, 0) is 11.8 Å². The lowest BCUT2D eigenvalue weighted by Crippen LogP contribution is -2.19. The van der Waals surface area contributed by atoms with Gasteiger partial charge in [-0.15, -0.1) is 6.42 Å². The summed E-state index contributed by atoms with van der Waals surface area (Å²) in [7, 11) is 1.65. The molecule has 0 radical (unpaired) electrons. The number of nitrogens with one attached hydrogen (secondary N) is 1. The lowest BCUT2D eigenvalue weighted by molar-refractivity contribution is 0.414. The average molecular weight is 387 g/mol. The summed E-state index contributed by atoms with van der Waals surface area (Å²) >= 11 is 0. The Labute approximate surface area is 172 Å². The quantitative estimate of drug-likeness (QED) is 0.446.